The first-order chi connectivity index (χ1) is 15.2. The molecule has 0 aliphatic carbocycles. The third-order valence-corrected chi connectivity index (χ3v) is 6.02. The SMILES string of the molecule is CC(Nc1ccccc1)C(CC(O)(c1ccccc1)c1ccccc1)c1ccccc1. The molecule has 2 nitrogen and oxygen atoms in total. The third kappa shape index (κ3) is 4.87. The van der Waals surface area contributed by atoms with Gasteiger partial charge in [0.15, 0.2) is 0 Å². The largest absolute Gasteiger partial charge is 0.382 e. The van der Waals surface area contributed by atoms with E-state index in [4.69, 9.17) is 0 Å². The molecule has 4 rings (SSSR count). The van der Waals surface area contributed by atoms with Gasteiger partial charge in [-0.3, -0.25) is 0 Å². The zero-order valence-corrected chi connectivity index (χ0v) is 17.9. The molecule has 31 heavy (non-hydrogen) atoms. The van der Waals surface area contributed by atoms with Crippen LogP contribution < -0.4 is 5.32 Å². The molecule has 0 fully saturated rings. The van der Waals surface area contributed by atoms with E-state index in [-0.39, 0.29) is 12.0 Å². The fraction of sp³-hybridized carbons (Fsp3) is 0.172. The van der Waals surface area contributed by atoms with E-state index in [9.17, 15) is 5.11 Å². The van der Waals surface area contributed by atoms with Crippen LogP contribution in [-0.4, -0.2) is 11.1 Å². The Kier molecular flexibility index (Phi) is 6.49. The lowest BCUT2D eigenvalue weighted by Crippen LogP contribution is -2.35. The Labute approximate surface area is 185 Å². The highest BCUT2D eigenvalue weighted by molar-refractivity contribution is 5.45. The van der Waals surface area contributed by atoms with Crippen LogP contribution in [-0.2, 0) is 5.60 Å². The molecule has 0 amide bonds. The van der Waals surface area contributed by atoms with Gasteiger partial charge in [0.1, 0.15) is 5.60 Å². The molecule has 0 spiro atoms. The van der Waals surface area contributed by atoms with Gasteiger partial charge in [-0.1, -0.05) is 109 Å². The van der Waals surface area contributed by atoms with E-state index < -0.39 is 5.60 Å². The molecule has 0 heterocycles. The number of rotatable bonds is 8. The molecule has 2 N–H and O–H groups in total. The third-order valence-electron chi connectivity index (χ3n) is 6.02. The molecule has 0 aliphatic heterocycles. The van der Waals surface area contributed by atoms with Crippen molar-refractivity contribution in [2.75, 3.05) is 5.32 Å². The van der Waals surface area contributed by atoms with Crippen LogP contribution in [0.25, 0.3) is 0 Å². The second kappa shape index (κ2) is 9.63. The first-order valence-electron chi connectivity index (χ1n) is 10.9. The Morgan fingerprint density at radius 3 is 1.55 bits per heavy atom. The highest BCUT2D eigenvalue weighted by atomic mass is 16.3. The molecule has 156 valence electrons. The number of para-hydroxylation sites is 1. The number of benzene rings is 4. The minimum absolute atomic E-state index is 0.0896. The average Bonchev–Trinajstić information content (AvgIpc) is 2.84. The Morgan fingerprint density at radius 1 is 0.645 bits per heavy atom. The van der Waals surface area contributed by atoms with Gasteiger partial charge in [-0.15, -0.1) is 0 Å². The molecule has 2 atom stereocenters. The minimum atomic E-state index is -1.10. The molecule has 0 saturated heterocycles. The van der Waals surface area contributed by atoms with Crippen LogP contribution in [0.4, 0.5) is 5.69 Å². The Balaban J connectivity index is 1.74. The molecule has 2 heteroatoms. The van der Waals surface area contributed by atoms with Crippen LogP contribution in [0.15, 0.2) is 121 Å². The smallest absolute Gasteiger partial charge is 0.115 e. The van der Waals surface area contributed by atoms with Crippen molar-refractivity contribution in [2.24, 2.45) is 0 Å². The molecular formula is C29H29NO. The van der Waals surface area contributed by atoms with Gasteiger partial charge in [-0.25, -0.2) is 0 Å². The molecule has 4 aromatic carbocycles. The molecule has 4 aromatic rings. The highest BCUT2D eigenvalue weighted by Gasteiger charge is 2.36. The molecule has 2 unspecified atom stereocenters. The maximum absolute atomic E-state index is 12.2. The summed E-state index contributed by atoms with van der Waals surface area (Å²) in [7, 11) is 0. The molecular weight excluding hydrogens is 378 g/mol. The number of nitrogens with one attached hydrogen (secondary N) is 1. The van der Waals surface area contributed by atoms with Crippen LogP contribution in [0.1, 0.15) is 36.0 Å². The maximum atomic E-state index is 12.2. The molecule has 0 bridgehead atoms. The van der Waals surface area contributed by atoms with Crippen molar-refractivity contribution >= 4 is 5.69 Å². The monoisotopic (exact) mass is 407 g/mol. The van der Waals surface area contributed by atoms with Crippen molar-refractivity contribution in [3.05, 3.63) is 138 Å². The summed E-state index contributed by atoms with van der Waals surface area (Å²) in [5.41, 5.74) is 3.01. The van der Waals surface area contributed by atoms with Crippen LogP contribution in [0, 0.1) is 0 Å². The summed E-state index contributed by atoms with van der Waals surface area (Å²) in [5, 5.41) is 15.8. The van der Waals surface area contributed by atoms with Crippen molar-refractivity contribution in [3.63, 3.8) is 0 Å². The first kappa shape index (κ1) is 20.9. The van der Waals surface area contributed by atoms with E-state index >= 15 is 0 Å². The van der Waals surface area contributed by atoms with Crippen LogP contribution in [0.2, 0.25) is 0 Å². The maximum Gasteiger partial charge on any atom is 0.115 e. The van der Waals surface area contributed by atoms with E-state index in [0.29, 0.717) is 6.42 Å². The summed E-state index contributed by atoms with van der Waals surface area (Å²) in [4.78, 5) is 0. The number of anilines is 1. The van der Waals surface area contributed by atoms with Gasteiger partial charge in [-0.05, 0) is 42.2 Å². The van der Waals surface area contributed by atoms with E-state index in [1.54, 1.807) is 0 Å². The summed E-state index contributed by atoms with van der Waals surface area (Å²) >= 11 is 0. The van der Waals surface area contributed by atoms with Crippen LogP contribution in [0.3, 0.4) is 0 Å². The number of hydrogen-bond acceptors (Lipinski definition) is 2. The molecule has 0 radical (unpaired) electrons. The van der Waals surface area contributed by atoms with Crippen molar-refractivity contribution in [1.29, 1.82) is 0 Å². The normalized spacial score (nSPS) is 13.4. The van der Waals surface area contributed by atoms with Gasteiger partial charge in [-0.2, -0.15) is 0 Å². The van der Waals surface area contributed by atoms with Gasteiger partial charge < -0.3 is 10.4 Å². The standard InChI is InChI=1S/C29H29NO/c1-23(30-27-20-12-5-13-21-27)28(24-14-6-2-7-15-24)22-29(31,25-16-8-3-9-17-25)26-18-10-4-11-19-26/h2-21,23,28,30-31H,22H2,1H3. The Morgan fingerprint density at radius 2 is 1.06 bits per heavy atom. The minimum Gasteiger partial charge on any atom is -0.382 e. The van der Waals surface area contributed by atoms with Gasteiger partial charge in [0.25, 0.3) is 0 Å². The number of aliphatic hydroxyl groups is 1. The summed E-state index contributed by atoms with van der Waals surface area (Å²) in [6, 6.07) is 40.9. The van der Waals surface area contributed by atoms with E-state index in [1.165, 1.54) is 5.56 Å². The van der Waals surface area contributed by atoms with E-state index in [0.717, 1.165) is 16.8 Å². The van der Waals surface area contributed by atoms with E-state index in [1.807, 2.05) is 84.9 Å². The van der Waals surface area contributed by atoms with Gasteiger partial charge in [0, 0.05) is 17.6 Å². The summed E-state index contributed by atoms with van der Waals surface area (Å²) in [5.74, 6) is 0.0896. The average molecular weight is 408 g/mol. The van der Waals surface area contributed by atoms with E-state index in [2.05, 4.69) is 48.6 Å². The topological polar surface area (TPSA) is 32.3 Å². The second-order valence-corrected chi connectivity index (χ2v) is 8.11. The second-order valence-electron chi connectivity index (χ2n) is 8.11. The van der Waals surface area contributed by atoms with Crippen molar-refractivity contribution in [2.45, 2.75) is 30.9 Å². The summed E-state index contributed by atoms with van der Waals surface area (Å²) in [6.45, 7) is 2.20. The zero-order chi connectivity index (χ0) is 21.5. The lowest BCUT2D eigenvalue weighted by atomic mass is 9.75. The fourth-order valence-corrected chi connectivity index (χ4v) is 4.33. The summed E-state index contributed by atoms with van der Waals surface area (Å²) < 4.78 is 0. The lowest BCUT2D eigenvalue weighted by Gasteiger charge is -2.36. The molecule has 0 saturated carbocycles. The zero-order valence-electron chi connectivity index (χ0n) is 17.9. The quantitative estimate of drug-likeness (QED) is 0.345. The Bertz CT molecular complexity index is 1010. The van der Waals surface area contributed by atoms with Crippen molar-refractivity contribution in [1.82, 2.24) is 0 Å². The van der Waals surface area contributed by atoms with Gasteiger partial charge in [0.05, 0.1) is 0 Å². The lowest BCUT2D eigenvalue weighted by molar-refractivity contribution is 0.0609. The fourth-order valence-electron chi connectivity index (χ4n) is 4.33. The molecule has 0 aliphatic rings. The number of hydrogen-bond donors (Lipinski definition) is 2. The van der Waals surface area contributed by atoms with Gasteiger partial charge >= 0.3 is 0 Å². The Hall–Kier alpha value is -3.36. The first-order valence-corrected chi connectivity index (χ1v) is 10.9. The predicted molar refractivity (Wildman–Crippen MR) is 129 cm³/mol. The van der Waals surface area contributed by atoms with Crippen molar-refractivity contribution < 1.29 is 5.11 Å². The summed E-state index contributed by atoms with van der Waals surface area (Å²) in [6.07, 6.45) is 0.562. The predicted octanol–water partition coefficient (Wildman–Crippen LogP) is 6.60. The van der Waals surface area contributed by atoms with Gasteiger partial charge in [0.2, 0.25) is 0 Å². The van der Waals surface area contributed by atoms with Crippen LogP contribution in [0.5, 0.6) is 0 Å². The van der Waals surface area contributed by atoms with Crippen molar-refractivity contribution in [3.8, 4) is 0 Å². The van der Waals surface area contributed by atoms with Crippen LogP contribution >= 0.6 is 0 Å². The molecule has 0 aromatic heterocycles. The highest BCUT2D eigenvalue weighted by Crippen LogP contribution is 2.40.